The molecule has 3 aromatic rings. The minimum absolute atomic E-state index is 0.0345. The topological polar surface area (TPSA) is 58.1 Å². The van der Waals surface area contributed by atoms with Gasteiger partial charge in [-0.25, -0.2) is 0 Å². The second kappa shape index (κ2) is 6.95. The molecule has 5 nitrogen and oxygen atoms in total. The molecule has 2 aromatic heterocycles. The quantitative estimate of drug-likeness (QED) is 0.753. The molecule has 0 aliphatic rings. The number of likely N-dealkylation sites (N-methyl/N-ethyl adjacent to an activating group) is 1. The van der Waals surface area contributed by atoms with Crippen LogP contribution < -0.4 is 5.32 Å². The summed E-state index contributed by atoms with van der Waals surface area (Å²) in [6.07, 6.45) is 0. The van der Waals surface area contributed by atoms with Gasteiger partial charge in [0.2, 0.25) is 5.91 Å². The zero-order chi connectivity index (χ0) is 15.4. The molecule has 0 aliphatic carbocycles. The second-order valence-electron chi connectivity index (χ2n) is 5.12. The number of hydrogen-bond acceptors (Lipinski definition) is 6. The van der Waals surface area contributed by atoms with Crippen LogP contribution in [0.4, 0.5) is 0 Å². The van der Waals surface area contributed by atoms with Gasteiger partial charge in [0.05, 0.1) is 24.8 Å². The zero-order valence-corrected chi connectivity index (χ0v) is 13.8. The molecule has 3 rings (SSSR count). The lowest BCUT2D eigenvalue weighted by Gasteiger charge is -2.16. The first-order chi connectivity index (χ1) is 10.7. The van der Waals surface area contributed by atoms with E-state index in [1.54, 1.807) is 11.3 Å². The molecule has 114 valence electrons. The van der Waals surface area contributed by atoms with Crippen LogP contribution in [0.25, 0.3) is 11.0 Å². The Labute approximate surface area is 136 Å². The van der Waals surface area contributed by atoms with Crippen LogP contribution in [0.2, 0.25) is 0 Å². The summed E-state index contributed by atoms with van der Waals surface area (Å²) in [5, 5.41) is 4.95. The summed E-state index contributed by atoms with van der Waals surface area (Å²) >= 11 is 2.87. The van der Waals surface area contributed by atoms with E-state index in [4.69, 9.17) is 0 Å². The first kappa shape index (κ1) is 15.1. The molecular formula is C15H16N4OS2. The number of nitrogens with one attached hydrogen (secondary N) is 1. The maximum atomic E-state index is 11.9. The van der Waals surface area contributed by atoms with E-state index in [2.05, 4.69) is 14.1 Å². The highest BCUT2D eigenvalue weighted by molar-refractivity contribution is 7.09. The van der Waals surface area contributed by atoms with Crippen molar-refractivity contribution < 1.29 is 4.79 Å². The molecule has 0 aliphatic heterocycles. The van der Waals surface area contributed by atoms with Gasteiger partial charge in [-0.15, -0.1) is 11.3 Å². The van der Waals surface area contributed by atoms with Gasteiger partial charge in [0.1, 0.15) is 11.0 Å². The molecule has 2 heterocycles. The number of aromatic nitrogens is 2. The third-order valence-corrected chi connectivity index (χ3v) is 4.66. The fourth-order valence-electron chi connectivity index (χ4n) is 2.19. The summed E-state index contributed by atoms with van der Waals surface area (Å²) in [5.41, 5.74) is 2.97. The number of rotatable bonds is 6. The van der Waals surface area contributed by atoms with Crippen LogP contribution >= 0.6 is 23.1 Å². The molecule has 1 N–H and O–H groups in total. The van der Waals surface area contributed by atoms with Gasteiger partial charge >= 0.3 is 0 Å². The average molecular weight is 332 g/mol. The molecule has 0 saturated heterocycles. The van der Waals surface area contributed by atoms with Crippen molar-refractivity contribution in [1.29, 1.82) is 0 Å². The maximum absolute atomic E-state index is 11.9. The molecule has 1 amide bonds. The van der Waals surface area contributed by atoms with Crippen molar-refractivity contribution in [1.82, 2.24) is 19.0 Å². The molecular weight excluding hydrogens is 316 g/mol. The highest BCUT2D eigenvalue weighted by Gasteiger charge is 2.08. The van der Waals surface area contributed by atoms with E-state index in [-0.39, 0.29) is 5.91 Å². The lowest BCUT2D eigenvalue weighted by molar-refractivity contribution is -0.122. The summed E-state index contributed by atoms with van der Waals surface area (Å²) in [6, 6.07) is 10.0. The minimum Gasteiger partial charge on any atom is -0.350 e. The second-order valence-corrected chi connectivity index (χ2v) is 6.68. The Morgan fingerprint density at radius 3 is 2.95 bits per heavy atom. The predicted octanol–water partition coefficient (Wildman–Crippen LogP) is 2.50. The fraction of sp³-hybridized carbons (Fsp3) is 0.267. The highest BCUT2D eigenvalue weighted by atomic mass is 32.1. The third-order valence-electron chi connectivity index (χ3n) is 3.22. The molecule has 0 unspecified atom stereocenters. The first-order valence-corrected chi connectivity index (χ1v) is 8.50. The summed E-state index contributed by atoms with van der Waals surface area (Å²) in [7, 11) is 1.94. The molecule has 0 fully saturated rings. The van der Waals surface area contributed by atoms with Crippen molar-refractivity contribution in [2.45, 2.75) is 13.1 Å². The molecule has 0 atom stereocenters. The lowest BCUT2D eigenvalue weighted by Crippen LogP contribution is -2.34. The fourth-order valence-corrected chi connectivity index (χ4v) is 3.36. The summed E-state index contributed by atoms with van der Waals surface area (Å²) < 4.78 is 8.43. The summed E-state index contributed by atoms with van der Waals surface area (Å²) in [6.45, 7) is 1.68. The number of nitrogens with zero attached hydrogens (tertiary/aromatic N) is 3. The smallest absolute Gasteiger partial charge is 0.234 e. The van der Waals surface area contributed by atoms with E-state index in [1.165, 1.54) is 11.7 Å². The number of carbonyl (C=O) groups excluding carboxylic acids is 1. The van der Waals surface area contributed by atoms with E-state index in [0.717, 1.165) is 21.5 Å². The van der Waals surface area contributed by atoms with Crippen molar-refractivity contribution in [2.75, 3.05) is 13.6 Å². The van der Waals surface area contributed by atoms with Gasteiger partial charge in [0.25, 0.3) is 0 Å². The average Bonchev–Trinajstić information content (AvgIpc) is 3.15. The number of amides is 1. The Bertz CT molecular complexity index is 754. The van der Waals surface area contributed by atoms with Crippen LogP contribution in [-0.4, -0.2) is 33.1 Å². The molecule has 0 radical (unpaired) electrons. The van der Waals surface area contributed by atoms with Crippen LogP contribution in [0.1, 0.15) is 10.4 Å². The molecule has 7 heteroatoms. The van der Waals surface area contributed by atoms with Crippen molar-refractivity contribution in [3.05, 3.63) is 46.2 Å². The minimum atomic E-state index is 0.0345. The van der Waals surface area contributed by atoms with Crippen LogP contribution in [0.5, 0.6) is 0 Å². The number of hydrogen-bond donors (Lipinski definition) is 1. The van der Waals surface area contributed by atoms with E-state index >= 15 is 0 Å². The number of thiophene rings is 1. The van der Waals surface area contributed by atoms with Gasteiger partial charge in [-0.2, -0.15) is 8.75 Å². The maximum Gasteiger partial charge on any atom is 0.234 e. The van der Waals surface area contributed by atoms with E-state index in [0.29, 0.717) is 19.6 Å². The molecule has 0 saturated carbocycles. The zero-order valence-electron chi connectivity index (χ0n) is 12.2. The van der Waals surface area contributed by atoms with Crippen LogP contribution in [0.3, 0.4) is 0 Å². The van der Waals surface area contributed by atoms with Crippen LogP contribution in [0.15, 0.2) is 35.7 Å². The highest BCUT2D eigenvalue weighted by Crippen LogP contribution is 2.14. The van der Waals surface area contributed by atoms with Gasteiger partial charge in [-0.1, -0.05) is 12.1 Å². The van der Waals surface area contributed by atoms with Gasteiger partial charge in [0.15, 0.2) is 0 Å². The normalized spacial score (nSPS) is 11.2. The van der Waals surface area contributed by atoms with Gasteiger partial charge < -0.3 is 5.32 Å². The van der Waals surface area contributed by atoms with E-state index in [1.807, 2.05) is 47.7 Å². The van der Waals surface area contributed by atoms with Crippen molar-refractivity contribution >= 4 is 40.0 Å². The first-order valence-electron chi connectivity index (χ1n) is 6.89. The standard InChI is InChI=1S/C15H16N4OS2/c1-19(10-15(20)16-8-12-3-2-6-21-12)9-11-4-5-13-14(7-11)18-22-17-13/h2-7H,8-10H2,1H3,(H,16,20). The van der Waals surface area contributed by atoms with E-state index < -0.39 is 0 Å². The predicted molar refractivity (Wildman–Crippen MR) is 89.9 cm³/mol. The van der Waals surface area contributed by atoms with Crippen molar-refractivity contribution in [3.8, 4) is 0 Å². The Morgan fingerprint density at radius 1 is 1.27 bits per heavy atom. The largest absolute Gasteiger partial charge is 0.350 e. The Morgan fingerprint density at radius 2 is 2.14 bits per heavy atom. The van der Waals surface area contributed by atoms with Gasteiger partial charge in [-0.3, -0.25) is 9.69 Å². The van der Waals surface area contributed by atoms with Crippen molar-refractivity contribution in [2.24, 2.45) is 0 Å². The monoisotopic (exact) mass is 332 g/mol. The molecule has 22 heavy (non-hydrogen) atoms. The summed E-state index contributed by atoms with van der Waals surface area (Å²) in [5.74, 6) is 0.0345. The van der Waals surface area contributed by atoms with Gasteiger partial charge in [-0.05, 0) is 36.2 Å². The van der Waals surface area contributed by atoms with Crippen LogP contribution in [0, 0.1) is 0 Å². The Hall–Kier alpha value is -1.83. The molecule has 0 spiro atoms. The summed E-state index contributed by atoms with van der Waals surface area (Å²) in [4.78, 5) is 15.1. The number of carbonyl (C=O) groups is 1. The Balaban J connectivity index is 1.50. The SMILES string of the molecule is CN(CC(=O)NCc1cccs1)Cc1ccc2nsnc2c1. The van der Waals surface area contributed by atoms with Gasteiger partial charge in [0, 0.05) is 11.4 Å². The third kappa shape index (κ3) is 3.88. The van der Waals surface area contributed by atoms with E-state index in [9.17, 15) is 4.79 Å². The van der Waals surface area contributed by atoms with Crippen molar-refractivity contribution in [3.63, 3.8) is 0 Å². The number of fused-ring (bicyclic) bond motifs is 1. The number of benzene rings is 1. The Kier molecular flexibility index (Phi) is 4.77. The van der Waals surface area contributed by atoms with Crippen LogP contribution in [-0.2, 0) is 17.9 Å². The molecule has 0 bridgehead atoms. The molecule has 1 aromatic carbocycles. The lowest BCUT2D eigenvalue weighted by atomic mass is 10.2.